The van der Waals surface area contributed by atoms with Gasteiger partial charge in [-0.25, -0.2) is 0 Å². The van der Waals surface area contributed by atoms with Gasteiger partial charge in [-0.3, -0.25) is 0 Å². The molecule has 1 heterocycles. The standard InChI is InChI=1S/C32H42O4/c1-32-17-16-25-26-13-12-24(34-20-22-8-4-2-5-9-22)18-29(26)36-31(33)19-27(25)28(32)14-15-30(32)35-21-23-10-6-3-7-11-23/h2-11,24-31,33H,12-21H2,1H3/t24-,25+,26+,27+,28-,29-,30-,31?,32-/m0/s1. The Labute approximate surface area is 216 Å². The van der Waals surface area contributed by atoms with Crippen molar-refractivity contribution in [2.45, 2.75) is 96.1 Å². The van der Waals surface area contributed by atoms with Crippen molar-refractivity contribution in [1.29, 1.82) is 0 Å². The number of aliphatic hydroxyl groups excluding tert-OH is 1. The van der Waals surface area contributed by atoms with Crippen molar-refractivity contribution in [3.05, 3.63) is 71.8 Å². The van der Waals surface area contributed by atoms with Gasteiger partial charge in [-0.15, -0.1) is 0 Å². The van der Waals surface area contributed by atoms with Crippen molar-refractivity contribution in [2.24, 2.45) is 29.1 Å². The van der Waals surface area contributed by atoms with Crippen LogP contribution in [0, 0.1) is 29.1 Å². The lowest BCUT2D eigenvalue weighted by molar-refractivity contribution is -0.169. The van der Waals surface area contributed by atoms with Gasteiger partial charge in [-0.2, -0.15) is 0 Å². The van der Waals surface area contributed by atoms with Crippen molar-refractivity contribution in [3.63, 3.8) is 0 Å². The van der Waals surface area contributed by atoms with Gasteiger partial charge in [0, 0.05) is 12.8 Å². The highest BCUT2D eigenvalue weighted by atomic mass is 16.6. The normalized spacial score (nSPS) is 40.1. The van der Waals surface area contributed by atoms with E-state index in [0.29, 0.717) is 43.0 Å². The minimum Gasteiger partial charge on any atom is -0.373 e. The Morgan fingerprint density at radius 2 is 1.47 bits per heavy atom. The van der Waals surface area contributed by atoms with Crippen LogP contribution in [-0.2, 0) is 27.4 Å². The third kappa shape index (κ3) is 4.90. The van der Waals surface area contributed by atoms with Crippen LogP contribution in [0.4, 0.5) is 0 Å². The second kappa shape index (κ2) is 10.6. The Hall–Kier alpha value is -1.72. The summed E-state index contributed by atoms with van der Waals surface area (Å²) in [5.41, 5.74) is 2.68. The Bertz CT molecular complexity index is 980. The van der Waals surface area contributed by atoms with Crippen LogP contribution in [-0.4, -0.2) is 29.7 Å². The van der Waals surface area contributed by atoms with E-state index in [1.807, 2.05) is 6.07 Å². The molecule has 0 bridgehead atoms. The molecule has 4 fully saturated rings. The number of rotatable bonds is 6. The summed E-state index contributed by atoms with van der Waals surface area (Å²) >= 11 is 0. The molecule has 1 saturated heterocycles. The number of ether oxygens (including phenoxy) is 3. The number of benzene rings is 2. The van der Waals surface area contributed by atoms with E-state index in [0.717, 1.165) is 32.1 Å². The van der Waals surface area contributed by atoms with Gasteiger partial charge >= 0.3 is 0 Å². The average Bonchev–Trinajstić information content (AvgIpc) is 3.16. The number of fused-ring (bicyclic) bond motifs is 5. The zero-order valence-electron chi connectivity index (χ0n) is 21.6. The Morgan fingerprint density at radius 3 is 2.19 bits per heavy atom. The molecule has 194 valence electrons. The number of hydrogen-bond donors (Lipinski definition) is 1. The summed E-state index contributed by atoms with van der Waals surface area (Å²) in [6.45, 7) is 3.82. The molecule has 1 unspecified atom stereocenters. The van der Waals surface area contributed by atoms with Crippen LogP contribution in [0.2, 0.25) is 0 Å². The summed E-state index contributed by atoms with van der Waals surface area (Å²) in [5, 5.41) is 11.0. The third-order valence-corrected chi connectivity index (χ3v) is 10.2. The van der Waals surface area contributed by atoms with Crippen LogP contribution in [0.3, 0.4) is 0 Å². The number of aliphatic hydroxyl groups is 1. The molecule has 2 aromatic rings. The van der Waals surface area contributed by atoms with Gasteiger partial charge < -0.3 is 19.3 Å². The van der Waals surface area contributed by atoms with E-state index in [-0.39, 0.29) is 17.6 Å². The van der Waals surface area contributed by atoms with Gasteiger partial charge in [0.1, 0.15) is 0 Å². The monoisotopic (exact) mass is 490 g/mol. The highest BCUT2D eigenvalue weighted by molar-refractivity contribution is 5.15. The van der Waals surface area contributed by atoms with Gasteiger partial charge in [0.15, 0.2) is 6.29 Å². The molecule has 9 atom stereocenters. The fraction of sp³-hybridized carbons (Fsp3) is 0.625. The van der Waals surface area contributed by atoms with Gasteiger partial charge in [0.2, 0.25) is 0 Å². The Balaban J connectivity index is 1.11. The van der Waals surface area contributed by atoms with Gasteiger partial charge in [-0.1, -0.05) is 67.6 Å². The lowest BCUT2D eigenvalue weighted by Gasteiger charge is -2.51. The first-order chi connectivity index (χ1) is 17.6. The average molecular weight is 491 g/mol. The fourth-order valence-corrected chi connectivity index (χ4v) is 8.38. The van der Waals surface area contributed by atoms with Crippen molar-refractivity contribution in [3.8, 4) is 0 Å². The zero-order chi connectivity index (χ0) is 24.5. The van der Waals surface area contributed by atoms with Gasteiger partial charge in [-0.05, 0) is 78.7 Å². The molecule has 1 N–H and O–H groups in total. The molecular formula is C32H42O4. The van der Waals surface area contributed by atoms with Crippen molar-refractivity contribution < 1.29 is 19.3 Å². The van der Waals surface area contributed by atoms with E-state index in [2.05, 4.69) is 61.5 Å². The molecule has 4 nitrogen and oxygen atoms in total. The second-order valence-corrected chi connectivity index (χ2v) is 12.1. The summed E-state index contributed by atoms with van der Waals surface area (Å²) in [5.74, 6) is 2.33. The van der Waals surface area contributed by atoms with E-state index >= 15 is 0 Å². The predicted octanol–water partition coefficient (Wildman–Crippen LogP) is 6.51. The molecule has 0 aromatic heterocycles. The van der Waals surface area contributed by atoms with E-state index in [9.17, 15) is 5.11 Å². The highest BCUT2D eigenvalue weighted by Crippen LogP contribution is 2.61. The topological polar surface area (TPSA) is 47.9 Å². The predicted molar refractivity (Wildman–Crippen MR) is 140 cm³/mol. The van der Waals surface area contributed by atoms with Crippen LogP contribution in [0.1, 0.15) is 69.4 Å². The number of hydrogen-bond acceptors (Lipinski definition) is 4. The first-order valence-corrected chi connectivity index (χ1v) is 14.2. The molecule has 1 aliphatic heterocycles. The van der Waals surface area contributed by atoms with Crippen molar-refractivity contribution >= 4 is 0 Å². The molecule has 0 spiro atoms. The van der Waals surface area contributed by atoms with Crippen molar-refractivity contribution in [2.75, 3.05) is 0 Å². The summed E-state index contributed by atoms with van der Waals surface area (Å²) in [6.07, 6.45) is 8.71. The molecule has 0 radical (unpaired) electrons. The largest absolute Gasteiger partial charge is 0.373 e. The van der Waals surface area contributed by atoms with Crippen LogP contribution in [0.25, 0.3) is 0 Å². The van der Waals surface area contributed by atoms with Gasteiger partial charge in [0.25, 0.3) is 0 Å². The molecule has 3 saturated carbocycles. The van der Waals surface area contributed by atoms with E-state index in [1.165, 1.54) is 30.4 Å². The van der Waals surface area contributed by atoms with Gasteiger partial charge in [0.05, 0.1) is 31.5 Å². The smallest absolute Gasteiger partial charge is 0.155 e. The third-order valence-electron chi connectivity index (χ3n) is 10.2. The molecule has 0 amide bonds. The lowest BCUT2D eigenvalue weighted by Crippen LogP contribution is -2.47. The molecule has 4 heteroatoms. The van der Waals surface area contributed by atoms with E-state index < -0.39 is 6.29 Å². The maximum absolute atomic E-state index is 11.0. The van der Waals surface area contributed by atoms with Crippen LogP contribution in [0.15, 0.2) is 60.7 Å². The zero-order valence-corrected chi connectivity index (χ0v) is 21.6. The highest BCUT2D eigenvalue weighted by Gasteiger charge is 2.57. The molecule has 4 aliphatic rings. The van der Waals surface area contributed by atoms with Crippen LogP contribution < -0.4 is 0 Å². The maximum atomic E-state index is 11.0. The quantitative estimate of drug-likeness (QED) is 0.502. The molecule has 2 aromatic carbocycles. The first-order valence-electron chi connectivity index (χ1n) is 14.2. The lowest BCUT2D eigenvalue weighted by atomic mass is 9.55. The Morgan fingerprint density at radius 1 is 0.778 bits per heavy atom. The molecular weight excluding hydrogens is 448 g/mol. The Kier molecular flexibility index (Phi) is 7.22. The van der Waals surface area contributed by atoms with Crippen LogP contribution >= 0.6 is 0 Å². The summed E-state index contributed by atoms with van der Waals surface area (Å²) < 4.78 is 19.2. The van der Waals surface area contributed by atoms with Crippen LogP contribution in [0.5, 0.6) is 0 Å². The SMILES string of the molecule is C[C@]12CC[C@@H]3[C@H]4CC[C@H](OCc5ccccc5)C[C@@H]4OC(O)C[C@H]3[C@@H]1CC[C@@H]2OCc1ccccc1. The second-order valence-electron chi connectivity index (χ2n) is 12.1. The van der Waals surface area contributed by atoms with Crippen molar-refractivity contribution in [1.82, 2.24) is 0 Å². The maximum Gasteiger partial charge on any atom is 0.155 e. The summed E-state index contributed by atoms with van der Waals surface area (Å²) in [4.78, 5) is 0. The van der Waals surface area contributed by atoms with E-state index in [4.69, 9.17) is 14.2 Å². The van der Waals surface area contributed by atoms with E-state index in [1.54, 1.807) is 0 Å². The molecule has 3 aliphatic carbocycles. The molecule has 36 heavy (non-hydrogen) atoms. The minimum atomic E-state index is -0.660. The minimum absolute atomic E-state index is 0.111. The molecule has 6 rings (SSSR count). The first kappa shape index (κ1) is 24.6. The summed E-state index contributed by atoms with van der Waals surface area (Å²) in [7, 11) is 0. The summed E-state index contributed by atoms with van der Waals surface area (Å²) in [6, 6.07) is 21.0. The fourth-order valence-electron chi connectivity index (χ4n) is 8.38.